The number of hydrogen-bond donors (Lipinski definition) is 0. The summed E-state index contributed by atoms with van der Waals surface area (Å²) in [7, 11) is 0. The quantitative estimate of drug-likeness (QED) is 0.234. The van der Waals surface area contributed by atoms with E-state index >= 15 is 0 Å². The van der Waals surface area contributed by atoms with Gasteiger partial charge in [0, 0.05) is 52.9 Å². The Morgan fingerprint density at radius 2 is 1.36 bits per heavy atom. The SMILES string of the molecule is Cc1cc(C)cc(N2C=CN(c3cccc(Oc4ccc5c6ccccc6n(-c6ccccn6)c5c4)c3)C2)c1. The molecule has 4 aromatic carbocycles. The van der Waals surface area contributed by atoms with Gasteiger partial charge in [-0.05, 0) is 79.6 Å². The van der Waals surface area contributed by atoms with Crippen molar-refractivity contribution < 1.29 is 4.74 Å². The van der Waals surface area contributed by atoms with Crippen LogP contribution in [0.3, 0.4) is 0 Å². The summed E-state index contributed by atoms with van der Waals surface area (Å²) in [5, 5.41) is 2.37. The lowest BCUT2D eigenvalue weighted by molar-refractivity contribution is 0.483. The molecule has 6 aromatic rings. The minimum Gasteiger partial charge on any atom is -0.457 e. The maximum Gasteiger partial charge on any atom is 0.137 e. The topological polar surface area (TPSA) is 33.5 Å². The van der Waals surface area contributed by atoms with Gasteiger partial charge in [-0.2, -0.15) is 0 Å². The number of pyridine rings is 1. The Labute approximate surface area is 227 Å². The van der Waals surface area contributed by atoms with Crippen molar-refractivity contribution in [3.05, 3.63) is 133 Å². The largest absolute Gasteiger partial charge is 0.457 e. The standard InChI is InChI=1S/C34H28N4O/c1-24-18-25(2)20-27(19-24)37-17-16-36(23-37)26-8-7-9-28(21-26)39-29-13-14-31-30-10-3-4-11-32(30)38(33(31)22-29)34-12-5-6-15-35-34/h3-22H,23H2,1-2H3. The summed E-state index contributed by atoms with van der Waals surface area (Å²) in [6.45, 7) is 5.03. The molecule has 0 saturated heterocycles. The molecule has 39 heavy (non-hydrogen) atoms. The molecule has 190 valence electrons. The second kappa shape index (κ2) is 9.37. The molecule has 0 bridgehead atoms. The fourth-order valence-corrected chi connectivity index (χ4v) is 5.48. The van der Waals surface area contributed by atoms with E-state index in [4.69, 9.17) is 4.74 Å². The van der Waals surface area contributed by atoms with Crippen LogP contribution in [0.2, 0.25) is 0 Å². The van der Waals surface area contributed by atoms with Gasteiger partial charge in [-0.25, -0.2) is 4.98 Å². The number of para-hydroxylation sites is 1. The van der Waals surface area contributed by atoms with Crippen molar-refractivity contribution in [1.82, 2.24) is 9.55 Å². The molecule has 0 saturated carbocycles. The second-order valence-electron chi connectivity index (χ2n) is 10.0. The number of benzene rings is 4. The summed E-state index contributed by atoms with van der Waals surface area (Å²) < 4.78 is 8.62. The van der Waals surface area contributed by atoms with E-state index in [0.29, 0.717) is 0 Å². The molecule has 0 N–H and O–H groups in total. The van der Waals surface area contributed by atoms with E-state index in [-0.39, 0.29) is 0 Å². The number of ether oxygens (including phenoxy) is 1. The van der Waals surface area contributed by atoms with E-state index in [0.717, 1.165) is 40.7 Å². The molecule has 0 fully saturated rings. The Balaban J connectivity index is 1.19. The molecule has 0 unspecified atom stereocenters. The summed E-state index contributed by atoms with van der Waals surface area (Å²) in [5.74, 6) is 2.47. The Hall–Kier alpha value is -5.03. The van der Waals surface area contributed by atoms with Crippen LogP contribution in [0.5, 0.6) is 11.5 Å². The first-order valence-electron chi connectivity index (χ1n) is 13.1. The second-order valence-corrected chi connectivity index (χ2v) is 10.0. The van der Waals surface area contributed by atoms with Crippen LogP contribution in [-0.2, 0) is 0 Å². The first-order chi connectivity index (χ1) is 19.1. The molecule has 1 aliphatic rings. The molecule has 5 nitrogen and oxygen atoms in total. The van der Waals surface area contributed by atoms with E-state index in [1.165, 1.54) is 27.6 Å². The van der Waals surface area contributed by atoms with Crippen molar-refractivity contribution in [2.75, 3.05) is 16.5 Å². The molecule has 0 atom stereocenters. The average molecular weight is 509 g/mol. The third-order valence-corrected chi connectivity index (χ3v) is 7.18. The highest BCUT2D eigenvalue weighted by Crippen LogP contribution is 2.35. The van der Waals surface area contributed by atoms with Gasteiger partial charge in [0.25, 0.3) is 0 Å². The van der Waals surface area contributed by atoms with Gasteiger partial charge in [-0.15, -0.1) is 0 Å². The summed E-state index contributed by atoms with van der Waals surface area (Å²) in [6, 6.07) is 35.6. The average Bonchev–Trinajstić information content (AvgIpc) is 3.57. The van der Waals surface area contributed by atoms with Gasteiger partial charge in [-0.3, -0.25) is 4.57 Å². The molecule has 0 radical (unpaired) electrons. The Morgan fingerprint density at radius 1 is 0.615 bits per heavy atom. The van der Waals surface area contributed by atoms with Crippen molar-refractivity contribution in [3.63, 3.8) is 0 Å². The number of aryl methyl sites for hydroxylation is 2. The van der Waals surface area contributed by atoms with Gasteiger partial charge >= 0.3 is 0 Å². The predicted octanol–water partition coefficient (Wildman–Crippen LogP) is 8.34. The number of rotatable bonds is 5. The maximum atomic E-state index is 6.42. The summed E-state index contributed by atoms with van der Waals surface area (Å²) in [6.07, 6.45) is 6.08. The molecule has 2 aromatic heterocycles. The van der Waals surface area contributed by atoms with Gasteiger partial charge < -0.3 is 14.5 Å². The fourth-order valence-electron chi connectivity index (χ4n) is 5.48. The number of nitrogens with zero attached hydrogens (tertiary/aromatic N) is 4. The highest BCUT2D eigenvalue weighted by molar-refractivity contribution is 6.09. The number of hydrogen-bond acceptors (Lipinski definition) is 4. The van der Waals surface area contributed by atoms with E-state index in [2.05, 4.69) is 112 Å². The van der Waals surface area contributed by atoms with Gasteiger partial charge in [-0.1, -0.05) is 36.4 Å². The lowest BCUT2D eigenvalue weighted by atomic mass is 10.1. The number of fused-ring (bicyclic) bond motifs is 3. The summed E-state index contributed by atoms with van der Waals surface area (Å²) >= 11 is 0. The van der Waals surface area contributed by atoms with Gasteiger partial charge in [0.2, 0.25) is 0 Å². The highest BCUT2D eigenvalue weighted by Gasteiger charge is 2.17. The molecular formula is C34H28N4O. The Kier molecular flexibility index (Phi) is 5.55. The van der Waals surface area contributed by atoms with Crippen molar-refractivity contribution in [2.24, 2.45) is 0 Å². The molecule has 0 amide bonds. The lowest BCUT2D eigenvalue weighted by Gasteiger charge is -2.22. The monoisotopic (exact) mass is 508 g/mol. The van der Waals surface area contributed by atoms with Gasteiger partial charge in [0.05, 0.1) is 17.7 Å². The highest BCUT2D eigenvalue weighted by atomic mass is 16.5. The van der Waals surface area contributed by atoms with E-state index < -0.39 is 0 Å². The Bertz CT molecular complexity index is 1830. The van der Waals surface area contributed by atoms with Gasteiger partial charge in [0.1, 0.15) is 17.3 Å². The normalized spacial score (nSPS) is 13.1. The van der Waals surface area contributed by atoms with Crippen LogP contribution in [0, 0.1) is 13.8 Å². The van der Waals surface area contributed by atoms with Crippen molar-refractivity contribution in [1.29, 1.82) is 0 Å². The molecule has 7 rings (SSSR count). The molecule has 5 heteroatoms. The maximum absolute atomic E-state index is 6.42. The molecule has 3 heterocycles. The zero-order valence-electron chi connectivity index (χ0n) is 22.0. The minimum absolute atomic E-state index is 0.752. The van der Waals surface area contributed by atoms with Crippen LogP contribution in [0.4, 0.5) is 11.4 Å². The lowest BCUT2D eigenvalue weighted by Crippen LogP contribution is -2.24. The van der Waals surface area contributed by atoms with Crippen LogP contribution < -0.4 is 14.5 Å². The van der Waals surface area contributed by atoms with Crippen LogP contribution in [0.1, 0.15) is 11.1 Å². The molecule has 0 spiro atoms. The van der Waals surface area contributed by atoms with Crippen molar-refractivity contribution in [3.8, 4) is 17.3 Å². The molecular weight excluding hydrogens is 480 g/mol. The van der Waals surface area contributed by atoms with Crippen LogP contribution in [0.25, 0.3) is 27.6 Å². The van der Waals surface area contributed by atoms with Crippen LogP contribution >= 0.6 is 0 Å². The van der Waals surface area contributed by atoms with E-state index in [1.807, 2.05) is 42.6 Å². The van der Waals surface area contributed by atoms with Crippen LogP contribution in [-0.4, -0.2) is 16.2 Å². The smallest absolute Gasteiger partial charge is 0.137 e. The van der Waals surface area contributed by atoms with E-state index in [9.17, 15) is 0 Å². The third kappa shape index (κ3) is 4.28. The van der Waals surface area contributed by atoms with Crippen LogP contribution in [0.15, 0.2) is 122 Å². The minimum atomic E-state index is 0.752. The number of aromatic nitrogens is 2. The first kappa shape index (κ1) is 23.1. The van der Waals surface area contributed by atoms with Crippen molar-refractivity contribution >= 4 is 33.2 Å². The zero-order valence-corrected chi connectivity index (χ0v) is 22.0. The molecule has 1 aliphatic heterocycles. The fraction of sp³-hybridized carbons (Fsp3) is 0.0882. The summed E-state index contributed by atoms with van der Waals surface area (Å²) in [4.78, 5) is 9.13. The zero-order chi connectivity index (χ0) is 26.3. The molecule has 0 aliphatic carbocycles. The predicted molar refractivity (Wildman–Crippen MR) is 160 cm³/mol. The van der Waals surface area contributed by atoms with Gasteiger partial charge in [0.15, 0.2) is 0 Å². The summed E-state index contributed by atoms with van der Waals surface area (Å²) in [5.41, 5.74) is 7.02. The Morgan fingerprint density at radius 3 is 2.18 bits per heavy atom. The number of anilines is 2. The first-order valence-corrected chi connectivity index (χ1v) is 13.1. The van der Waals surface area contributed by atoms with E-state index in [1.54, 1.807) is 0 Å². The third-order valence-electron chi connectivity index (χ3n) is 7.18. The van der Waals surface area contributed by atoms with Crippen molar-refractivity contribution in [2.45, 2.75) is 13.8 Å².